The second-order valence-electron chi connectivity index (χ2n) is 7.50. The lowest BCUT2D eigenvalue weighted by Crippen LogP contribution is -2.44. The zero-order valence-corrected chi connectivity index (χ0v) is 11.7. The lowest BCUT2D eigenvalue weighted by molar-refractivity contribution is -0.177. The van der Waals surface area contributed by atoms with Crippen LogP contribution in [-0.2, 0) is 9.53 Å². The standard InChI is InChI=1S/C15H24O3/c1-4-13(2,3)12(16)18-14-6-10-5-11(8-14)15(17,7-10)9-14/h10-11,17H,4-9H2,1-3H3. The number of hydrogen-bond donors (Lipinski definition) is 1. The van der Waals surface area contributed by atoms with Crippen LogP contribution < -0.4 is 0 Å². The van der Waals surface area contributed by atoms with Crippen molar-refractivity contribution in [3.63, 3.8) is 0 Å². The van der Waals surface area contributed by atoms with Crippen molar-refractivity contribution >= 4 is 5.97 Å². The summed E-state index contributed by atoms with van der Waals surface area (Å²) in [5.41, 5.74) is -1.28. The summed E-state index contributed by atoms with van der Waals surface area (Å²) in [7, 11) is 0. The molecule has 3 nitrogen and oxygen atoms in total. The molecule has 4 atom stereocenters. The highest BCUT2D eigenvalue weighted by atomic mass is 16.6. The first-order valence-electron chi connectivity index (χ1n) is 7.24. The Bertz CT molecular complexity index is 389. The Morgan fingerprint density at radius 1 is 1.39 bits per heavy atom. The van der Waals surface area contributed by atoms with Crippen LogP contribution in [0, 0.1) is 17.3 Å². The molecule has 4 fully saturated rings. The van der Waals surface area contributed by atoms with Crippen molar-refractivity contribution in [1.29, 1.82) is 0 Å². The molecule has 0 amide bonds. The van der Waals surface area contributed by atoms with Gasteiger partial charge in [-0.05, 0) is 57.8 Å². The number of rotatable bonds is 3. The van der Waals surface area contributed by atoms with Gasteiger partial charge in [0.15, 0.2) is 0 Å². The molecule has 1 N–H and O–H groups in total. The number of carbonyl (C=O) groups excluding carboxylic acids is 1. The molecule has 4 aliphatic carbocycles. The molecule has 4 saturated carbocycles. The Morgan fingerprint density at radius 2 is 2.11 bits per heavy atom. The largest absolute Gasteiger partial charge is 0.459 e. The highest BCUT2D eigenvalue weighted by Crippen LogP contribution is 2.63. The molecule has 4 unspecified atom stereocenters. The van der Waals surface area contributed by atoms with E-state index in [9.17, 15) is 9.90 Å². The number of aliphatic hydroxyl groups is 1. The van der Waals surface area contributed by atoms with E-state index >= 15 is 0 Å². The third-order valence-corrected chi connectivity index (χ3v) is 5.67. The van der Waals surface area contributed by atoms with Crippen LogP contribution in [0.2, 0.25) is 0 Å². The first-order chi connectivity index (χ1) is 8.29. The van der Waals surface area contributed by atoms with E-state index in [2.05, 4.69) is 0 Å². The van der Waals surface area contributed by atoms with Crippen LogP contribution in [0.5, 0.6) is 0 Å². The third kappa shape index (κ3) is 1.63. The van der Waals surface area contributed by atoms with E-state index in [-0.39, 0.29) is 11.6 Å². The van der Waals surface area contributed by atoms with Crippen molar-refractivity contribution in [1.82, 2.24) is 0 Å². The topological polar surface area (TPSA) is 46.5 Å². The highest BCUT2D eigenvalue weighted by molar-refractivity contribution is 5.76. The summed E-state index contributed by atoms with van der Waals surface area (Å²) >= 11 is 0. The normalized spacial score (nSPS) is 45.6. The minimum atomic E-state index is -0.528. The number of carbonyl (C=O) groups is 1. The van der Waals surface area contributed by atoms with E-state index < -0.39 is 11.0 Å². The molecule has 0 saturated heterocycles. The molecule has 3 heteroatoms. The van der Waals surface area contributed by atoms with Crippen LogP contribution in [-0.4, -0.2) is 22.3 Å². The summed E-state index contributed by atoms with van der Waals surface area (Å²) in [6.07, 6.45) is 5.37. The van der Waals surface area contributed by atoms with E-state index in [0.717, 1.165) is 32.1 Å². The van der Waals surface area contributed by atoms with Gasteiger partial charge in [0.25, 0.3) is 0 Å². The SMILES string of the molecule is CCC(C)(C)C(=O)OC12CC3CC(C1)C(O)(C3)C2. The first-order valence-corrected chi connectivity index (χ1v) is 7.24. The summed E-state index contributed by atoms with van der Waals surface area (Å²) in [4.78, 5) is 12.3. The second-order valence-corrected chi connectivity index (χ2v) is 7.50. The molecule has 4 rings (SSSR count). The minimum absolute atomic E-state index is 0.0875. The van der Waals surface area contributed by atoms with Crippen LogP contribution in [0.15, 0.2) is 0 Å². The predicted octanol–water partition coefficient (Wildman–Crippen LogP) is 2.66. The maximum Gasteiger partial charge on any atom is 0.312 e. The monoisotopic (exact) mass is 252 g/mol. The lowest BCUT2D eigenvalue weighted by Gasteiger charge is -2.40. The van der Waals surface area contributed by atoms with Gasteiger partial charge in [-0.1, -0.05) is 6.92 Å². The number of hydrogen-bond acceptors (Lipinski definition) is 3. The fourth-order valence-electron chi connectivity index (χ4n) is 4.38. The van der Waals surface area contributed by atoms with Gasteiger partial charge >= 0.3 is 5.97 Å². The van der Waals surface area contributed by atoms with Gasteiger partial charge in [-0.2, -0.15) is 0 Å². The van der Waals surface area contributed by atoms with Gasteiger partial charge in [0.2, 0.25) is 0 Å². The smallest absolute Gasteiger partial charge is 0.312 e. The van der Waals surface area contributed by atoms with Crippen LogP contribution in [0.1, 0.15) is 59.3 Å². The van der Waals surface area contributed by atoms with Crippen molar-refractivity contribution in [3.8, 4) is 0 Å². The zero-order chi connectivity index (χ0) is 13.2. The van der Waals surface area contributed by atoms with Gasteiger partial charge in [-0.25, -0.2) is 0 Å². The van der Waals surface area contributed by atoms with Crippen LogP contribution in [0.25, 0.3) is 0 Å². The quantitative estimate of drug-likeness (QED) is 0.785. The molecule has 18 heavy (non-hydrogen) atoms. The molecule has 4 bridgehead atoms. The molecule has 0 aromatic carbocycles. The average Bonchev–Trinajstić information content (AvgIpc) is 2.59. The van der Waals surface area contributed by atoms with Crippen molar-refractivity contribution < 1.29 is 14.6 Å². The van der Waals surface area contributed by atoms with Gasteiger partial charge in [-0.15, -0.1) is 0 Å². The number of esters is 1. The second kappa shape index (κ2) is 3.50. The molecule has 0 heterocycles. The minimum Gasteiger partial charge on any atom is -0.459 e. The zero-order valence-electron chi connectivity index (χ0n) is 11.7. The van der Waals surface area contributed by atoms with Crippen molar-refractivity contribution in [2.24, 2.45) is 17.3 Å². The van der Waals surface area contributed by atoms with E-state index in [1.807, 2.05) is 20.8 Å². The summed E-state index contributed by atoms with van der Waals surface area (Å²) in [6, 6.07) is 0. The van der Waals surface area contributed by atoms with Crippen molar-refractivity contribution in [2.75, 3.05) is 0 Å². The van der Waals surface area contributed by atoms with Gasteiger partial charge in [-0.3, -0.25) is 4.79 Å². The third-order valence-electron chi connectivity index (χ3n) is 5.67. The molecule has 4 aliphatic rings. The Morgan fingerprint density at radius 3 is 2.67 bits per heavy atom. The van der Waals surface area contributed by atoms with Gasteiger partial charge in [0, 0.05) is 6.42 Å². The van der Waals surface area contributed by atoms with Crippen LogP contribution >= 0.6 is 0 Å². The fraction of sp³-hybridized carbons (Fsp3) is 0.933. The van der Waals surface area contributed by atoms with E-state index in [4.69, 9.17) is 4.74 Å². The fourth-order valence-corrected chi connectivity index (χ4v) is 4.38. The van der Waals surface area contributed by atoms with Crippen molar-refractivity contribution in [3.05, 3.63) is 0 Å². The van der Waals surface area contributed by atoms with Crippen LogP contribution in [0.3, 0.4) is 0 Å². The Kier molecular flexibility index (Phi) is 2.42. The van der Waals surface area contributed by atoms with Gasteiger partial charge < -0.3 is 9.84 Å². The molecule has 0 radical (unpaired) electrons. The van der Waals surface area contributed by atoms with Crippen molar-refractivity contribution in [2.45, 2.75) is 70.5 Å². The summed E-state index contributed by atoms with van der Waals surface area (Å²) in [6.45, 7) is 5.90. The van der Waals surface area contributed by atoms with E-state index in [1.165, 1.54) is 0 Å². The molecular weight excluding hydrogens is 228 g/mol. The van der Waals surface area contributed by atoms with Crippen LogP contribution in [0.4, 0.5) is 0 Å². The van der Waals surface area contributed by atoms with E-state index in [0.29, 0.717) is 18.3 Å². The maximum absolute atomic E-state index is 12.3. The Balaban J connectivity index is 1.77. The molecule has 0 aliphatic heterocycles. The van der Waals surface area contributed by atoms with E-state index in [1.54, 1.807) is 0 Å². The maximum atomic E-state index is 12.3. The number of ether oxygens (including phenoxy) is 1. The highest BCUT2D eigenvalue weighted by Gasteiger charge is 2.65. The molecule has 0 aromatic rings. The Labute approximate surface area is 109 Å². The summed E-state index contributed by atoms with van der Waals surface area (Å²) in [5.74, 6) is 0.851. The lowest BCUT2D eigenvalue weighted by atomic mass is 9.77. The molecule has 0 aromatic heterocycles. The van der Waals surface area contributed by atoms with Gasteiger partial charge in [0.05, 0.1) is 11.0 Å². The predicted molar refractivity (Wildman–Crippen MR) is 67.9 cm³/mol. The first kappa shape index (κ1) is 12.5. The molecule has 102 valence electrons. The van der Waals surface area contributed by atoms with Gasteiger partial charge in [0.1, 0.15) is 5.60 Å². The molecule has 0 spiro atoms. The summed E-state index contributed by atoms with van der Waals surface area (Å²) in [5, 5.41) is 10.6. The average molecular weight is 252 g/mol. The summed E-state index contributed by atoms with van der Waals surface area (Å²) < 4.78 is 5.89. The Hall–Kier alpha value is -0.570. The molecular formula is C15H24O3.